The molecule has 0 aliphatic rings. The largest absolute Gasteiger partial charge is 0.484 e. The molecule has 0 aliphatic carbocycles. The van der Waals surface area contributed by atoms with Crippen LogP contribution in [0.3, 0.4) is 0 Å². The molecule has 0 saturated heterocycles. The number of hydrogen-bond acceptors (Lipinski definition) is 3. The average molecular weight is 298 g/mol. The highest BCUT2D eigenvalue weighted by Gasteiger charge is 2.09. The third-order valence-electron chi connectivity index (χ3n) is 2.79. The summed E-state index contributed by atoms with van der Waals surface area (Å²) in [4.78, 5) is 0. The van der Waals surface area contributed by atoms with Crippen molar-refractivity contribution in [3.8, 4) is 5.75 Å². The van der Waals surface area contributed by atoms with E-state index < -0.39 is 0 Å². The van der Waals surface area contributed by atoms with Gasteiger partial charge in [-0.2, -0.15) is 0 Å². The van der Waals surface area contributed by atoms with Crippen LogP contribution >= 0.6 is 11.6 Å². The van der Waals surface area contributed by atoms with Crippen molar-refractivity contribution in [2.45, 2.75) is 33.0 Å². The molecule has 0 unspecified atom stereocenters. The first-order valence-electron chi connectivity index (χ1n) is 6.42. The lowest BCUT2D eigenvalue weighted by Crippen LogP contribution is -2.22. The molecule has 0 saturated carbocycles. The summed E-state index contributed by atoms with van der Waals surface area (Å²) < 4.78 is 23.9. The highest BCUT2D eigenvalue weighted by molar-refractivity contribution is 6.32. The monoisotopic (exact) mass is 297 g/mol. The topological polar surface area (TPSA) is 34.4 Å². The van der Waals surface area contributed by atoms with Crippen molar-refractivity contribution in [1.82, 2.24) is 5.32 Å². The van der Waals surface area contributed by atoms with Crippen molar-refractivity contribution in [3.05, 3.63) is 52.7 Å². The molecule has 0 atom stereocenters. The molecular formula is C15H17ClFNO2. The Kier molecular flexibility index (Phi) is 5.04. The van der Waals surface area contributed by atoms with Crippen molar-refractivity contribution in [2.75, 3.05) is 0 Å². The van der Waals surface area contributed by atoms with Crippen LogP contribution in [-0.2, 0) is 13.2 Å². The van der Waals surface area contributed by atoms with Gasteiger partial charge in [0.15, 0.2) is 0 Å². The summed E-state index contributed by atoms with van der Waals surface area (Å²) >= 11 is 5.90. The van der Waals surface area contributed by atoms with Crippen molar-refractivity contribution in [1.29, 1.82) is 0 Å². The lowest BCUT2D eigenvalue weighted by molar-refractivity contribution is 0.268. The van der Waals surface area contributed by atoms with E-state index in [4.69, 9.17) is 20.8 Å². The molecule has 1 heterocycles. The highest BCUT2D eigenvalue weighted by atomic mass is 35.5. The fourth-order valence-corrected chi connectivity index (χ4v) is 1.92. The van der Waals surface area contributed by atoms with Crippen LogP contribution in [-0.4, -0.2) is 6.04 Å². The van der Waals surface area contributed by atoms with Crippen LogP contribution in [0.2, 0.25) is 5.02 Å². The van der Waals surface area contributed by atoms with E-state index in [0.717, 1.165) is 11.3 Å². The summed E-state index contributed by atoms with van der Waals surface area (Å²) in [6.45, 7) is 5.13. The Hall–Kier alpha value is -1.52. The maximum Gasteiger partial charge on any atom is 0.146 e. The molecule has 1 N–H and O–H groups in total. The molecular weight excluding hydrogens is 281 g/mol. The Bertz CT molecular complexity index is 569. The van der Waals surface area contributed by atoms with E-state index in [1.807, 2.05) is 6.07 Å². The molecule has 5 heteroatoms. The summed E-state index contributed by atoms with van der Waals surface area (Å²) in [5.41, 5.74) is 1.04. The van der Waals surface area contributed by atoms with E-state index in [1.165, 1.54) is 18.2 Å². The highest BCUT2D eigenvalue weighted by Crippen LogP contribution is 2.26. The molecule has 2 aromatic rings. The van der Waals surface area contributed by atoms with Crippen LogP contribution in [0, 0.1) is 5.82 Å². The summed E-state index contributed by atoms with van der Waals surface area (Å²) in [6, 6.07) is 6.34. The molecule has 1 aromatic heterocycles. The van der Waals surface area contributed by atoms with Crippen molar-refractivity contribution < 1.29 is 13.5 Å². The Morgan fingerprint density at radius 1 is 1.35 bits per heavy atom. The van der Waals surface area contributed by atoms with Gasteiger partial charge in [0.25, 0.3) is 0 Å². The van der Waals surface area contributed by atoms with Crippen molar-refractivity contribution in [3.63, 3.8) is 0 Å². The summed E-state index contributed by atoms with van der Waals surface area (Å²) in [5.74, 6) is 0.785. The van der Waals surface area contributed by atoms with E-state index in [2.05, 4.69) is 19.2 Å². The molecule has 20 heavy (non-hydrogen) atoms. The van der Waals surface area contributed by atoms with Gasteiger partial charge in [0.1, 0.15) is 23.9 Å². The van der Waals surface area contributed by atoms with Gasteiger partial charge in [-0.05, 0) is 24.3 Å². The van der Waals surface area contributed by atoms with Gasteiger partial charge in [-0.3, -0.25) is 0 Å². The first-order chi connectivity index (χ1) is 9.56. The number of furan rings is 1. The number of hydrogen-bond donors (Lipinski definition) is 1. The van der Waals surface area contributed by atoms with Crippen molar-refractivity contribution >= 4 is 11.6 Å². The van der Waals surface area contributed by atoms with Gasteiger partial charge in [0, 0.05) is 18.2 Å². The first kappa shape index (κ1) is 14.9. The summed E-state index contributed by atoms with van der Waals surface area (Å²) in [5, 5.41) is 3.56. The normalized spacial score (nSPS) is 11.1. The number of benzene rings is 1. The van der Waals surface area contributed by atoms with Crippen LogP contribution in [0.4, 0.5) is 4.39 Å². The smallest absolute Gasteiger partial charge is 0.146 e. The number of rotatable bonds is 6. The zero-order chi connectivity index (χ0) is 14.5. The fourth-order valence-electron chi connectivity index (χ4n) is 1.70. The zero-order valence-corrected chi connectivity index (χ0v) is 12.2. The van der Waals surface area contributed by atoms with Crippen LogP contribution < -0.4 is 10.1 Å². The van der Waals surface area contributed by atoms with Gasteiger partial charge in [-0.1, -0.05) is 25.4 Å². The molecule has 108 valence electrons. The van der Waals surface area contributed by atoms with E-state index in [9.17, 15) is 4.39 Å². The molecule has 1 aromatic carbocycles. The van der Waals surface area contributed by atoms with Gasteiger partial charge >= 0.3 is 0 Å². The maximum atomic E-state index is 12.9. The molecule has 0 bridgehead atoms. The Morgan fingerprint density at radius 2 is 2.15 bits per heavy atom. The van der Waals surface area contributed by atoms with E-state index in [0.29, 0.717) is 18.3 Å². The van der Waals surface area contributed by atoms with Crippen LogP contribution in [0.5, 0.6) is 5.75 Å². The second-order valence-electron chi connectivity index (χ2n) is 4.77. The number of nitrogens with one attached hydrogen (secondary N) is 1. The average Bonchev–Trinajstić information content (AvgIpc) is 2.83. The minimum absolute atomic E-state index is 0.249. The van der Waals surface area contributed by atoms with E-state index in [1.54, 1.807) is 6.26 Å². The predicted molar refractivity (Wildman–Crippen MR) is 76.4 cm³/mol. The van der Waals surface area contributed by atoms with Gasteiger partial charge in [-0.15, -0.1) is 0 Å². The summed E-state index contributed by atoms with van der Waals surface area (Å²) in [6.07, 6.45) is 1.63. The molecule has 0 amide bonds. The lowest BCUT2D eigenvalue weighted by atomic mass is 10.2. The third-order valence-corrected chi connectivity index (χ3v) is 3.09. The van der Waals surface area contributed by atoms with Crippen LogP contribution in [0.15, 0.2) is 34.9 Å². The molecule has 2 rings (SSSR count). The molecule has 3 nitrogen and oxygen atoms in total. The maximum absolute atomic E-state index is 12.9. The van der Waals surface area contributed by atoms with Crippen LogP contribution in [0.25, 0.3) is 0 Å². The van der Waals surface area contributed by atoms with Gasteiger partial charge < -0.3 is 14.5 Å². The second kappa shape index (κ2) is 6.77. The minimum Gasteiger partial charge on any atom is -0.484 e. The number of halogens is 2. The van der Waals surface area contributed by atoms with Gasteiger partial charge in [-0.25, -0.2) is 4.39 Å². The van der Waals surface area contributed by atoms with Gasteiger partial charge in [0.05, 0.1) is 11.3 Å². The molecule has 0 spiro atoms. The fraction of sp³-hybridized carbons (Fsp3) is 0.333. The Balaban J connectivity index is 1.98. The lowest BCUT2D eigenvalue weighted by Gasteiger charge is -2.10. The second-order valence-corrected chi connectivity index (χ2v) is 5.18. The van der Waals surface area contributed by atoms with Crippen LogP contribution in [0.1, 0.15) is 25.2 Å². The molecule has 0 aliphatic heterocycles. The first-order valence-corrected chi connectivity index (χ1v) is 6.80. The van der Waals surface area contributed by atoms with Crippen molar-refractivity contribution in [2.24, 2.45) is 0 Å². The zero-order valence-electron chi connectivity index (χ0n) is 11.5. The molecule has 0 radical (unpaired) electrons. The summed E-state index contributed by atoms with van der Waals surface area (Å²) in [7, 11) is 0. The quantitative estimate of drug-likeness (QED) is 0.870. The minimum atomic E-state index is -0.387. The third kappa shape index (κ3) is 3.99. The SMILES string of the molecule is CC(C)NCc1ccoc1COc1ccc(F)cc1Cl. The Morgan fingerprint density at radius 3 is 2.85 bits per heavy atom. The molecule has 0 fully saturated rings. The van der Waals surface area contributed by atoms with Gasteiger partial charge in [0.2, 0.25) is 0 Å². The Labute approximate surface area is 122 Å². The predicted octanol–water partition coefficient (Wildman–Crippen LogP) is 4.15. The van der Waals surface area contributed by atoms with E-state index >= 15 is 0 Å². The standard InChI is InChI=1S/C15H17ClFNO2/c1-10(2)18-8-11-5-6-19-15(11)9-20-14-4-3-12(17)7-13(14)16/h3-7,10,18H,8-9H2,1-2H3. The number of ether oxygens (including phenoxy) is 1. The van der Waals surface area contributed by atoms with E-state index in [-0.39, 0.29) is 17.4 Å².